The van der Waals surface area contributed by atoms with Crippen molar-refractivity contribution in [1.82, 2.24) is 5.32 Å². The molecule has 0 bridgehead atoms. The van der Waals surface area contributed by atoms with E-state index in [9.17, 15) is 13.2 Å². The first kappa shape index (κ1) is 12.4. The third-order valence-corrected chi connectivity index (χ3v) is 3.35. The fourth-order valence-electron chi connectivity index (χ4n) is 2.42. The zero-order valence-corrected chi connectivity index (χ0v) is 9.93. The van der Waals surface area contributed by atoms with Crippen LogP contribution in [0.25, 0.3) is 0 Å². The van der Waals surface area contributed by atoms with E-state index in [-0.39, 0.29) is 6.04 Å². The summed E-state index contributed by atoms with van der Waals surface area (Å²) in [6.07, 6.45) is -2.18. The van der Waals surface area contributed by atoms with Crippen LogP contribution >= 0.6 is 0 Å². The van der Waals surface area contributed by atoms with Crippen LogP contribution in [0.15, 0.2) is 18.2 Å². The van der Waals surface area contributed by atoms with Gasteiger partial charge in [-0.05, 0) is 49.9 Å². The smallest absolute Gasteiger partial charge is 0.307 e. The van der Waals surface area contributed by atoms with Crippen LogP contribution in [0.2, 0.25) is 0 Å². The van der Waals surface area contributed by atoms with Crippen molar-refractivity contribution < 1.29 is 13.2 Å². The van der Waals surface area contributed by atoms with Gasteiger partial charge in [0, 0.05) is 12.1 Å². The van der Waals surface area contributed by atoms with Gasteiger partial charge in [0.1, 0.15) is 0 Å². The maximum atomic E-state index is 12.5. The van der Waals surface area contributed by atoms with Crippen molar-refractivity contribution in [2.75, 3.05) is 0 Å². The highest BCUT2D eigenvalue weighted by Gasteiger charge is 2.31. The lowest BCUT2D eigenvalue weighted by molar-refractivity contribution is -0.137. The second-order valence-corrected chi connectivity index (χ2v) is 4.77. The minimum absolute atomic E-state index is 0.201. The number of rotatable bonds is 1. The Morgan fingerprint density at radius 3 is 2.41 bits per heavy atom. The largest absolute Gasteiger partial charge is 0.416 e. The maximum absolute atomic E-state index is 12.5. The molecule has 1 aromatic rings. The zero-order valence-electron chi connectivity index (χ0n) is 9.93. The molecule has 0 saturated carbocycles. The van der Waals surface area contributed by atoms with E-state index in [4.69, 9.17) is 0 Å². The highest BCUT2D eigenvalue weighted by Crippen LogP contribution is 2.34. The van der Waals surface area contributed by atoms with Crippen molar-refractivity contribution in [3.05, 3.63) is 34.9 Å². The fraction of sp³-hybridized carbons (Fsp3) is 0.538. The number of halogens is 3. The molecule has 0 aromatic heterocycles. The van der Waals surface area contributed by atoms with Gasteiger partial charge in [-0.3, -0.25) is 0 Å². The third kappa shape index (κ3) is 2.63. The molecule has 17 heavy (non-hydrogen) atoms. The molecular formula is C13H16F3N. The SMILES string of the molecule is Cc1cc(C(F)(F)F)ccc1C1CCC(C)N1. The molecule has 1 aliphatic heterocycles. The topological polar surface area (TPSA) is 12.0 Å². The maximum Gasteiger partial charge on any atom is 0.416 e. The van der Waals surface area contributed by atoms with Gasteiger partial charge in [0.2, 0.25) is 0 Å². The molecule has 2 rings (SSSR count). The van der Waals surface area contributed by atoms with Crippen molar-refractivity contribution in [3.8, 4) is 0 Å². The number of alkyl halides is 3. The molecule has 1 aliphatic rings. The lowest BCUT2D eigenvalue weighted by Crippen LogP contribution is -2.21. The molecule has 0 aliphatic carbocycles. The summed E-state index contributed by atoms with van der Waals surface area (Å²) >= 11 is 0. The molecule has 2 unspecified atom stereocenters. The van der Waals surface area contributed by atoms with Crippen LogP contribution < -0.4 is 5.32 Å². The molecule has 1 saturated heterocycles. The molecule has 0 radical (unpaired) electrons. The average molecular weight is 243 g/mol. The molecule has 4 heteroatoms. The third-order valence-electron chi connectivity index (χ3n) is 3.35. The summed E-state index contributed by atoms with van der Waals surface area (Å²) in [4.78, 5) is 0. The second kappa shape index (κ2) is 4.33. The number of nitrogens with one attached hydrogen (secondary N) is 1. The van der Waals surface area contributed by atoms with E-state index in [1.165, 1.54) is 12.1 Å². The Labute approximate surface area is 99.0 Å². The predicted molar refractivity (Wildman–Crippen MR) is 60.8 cm³/mol. The van der Waals surface area contributed by atoms with Gasteiger partial charge in [0.25, 0.3) is 0 Å². The molecule has 94 valence electrons. The van der Waals surface area contributed by atoms with Gasteiger partial charge in [-0.1, -0.05) is 6.07 Å². The summed E-state index contributed by atoms with van der Waals surface area (Å²) in [6, 6.07) is 4.66. The zero-order chi connectivity index (χ0) is 12.6. The molecule has 1 nitrogen and oxygen atoms in total. The van der Waals surface area contributed by atoms with Crippen LogP contribution in [0.3, 0.4) is 0 Å². The summed E-state index contributed by atoms with van der Waals surface area (Å²) in [5, 5.41) is 3.39. The van der Waals surface area contributed by atoms with Gasteiger partial charge in [-0.25, -0.2) is 0 Å². The number of hydrogen-bond acceptors (Lipinski definition) is 1. The Kier molecular flexibility index (Phi) is 3.17. The Morgan fingerprint density at radius 2 is 1.94 bits per heavy atom. The average Bonchev–Trinajstić information content (AvgIpc) is 2.63. The van der Waals surface area contributed by atoms with Gasteiger partial charge in [0.15, 0.2) is 0 Å². The van der Waals surface area contributed by atoms with Gasteiger partial charge >= 0.3 is 6.18 Å². The molecule has 0 spiro atoms. The van der Waals surface area contributed by atoms with Gasteiger partial charge in [-0.15, -0.1) is 0 Å². The molecule has 0 amide bonds. The minimum atomic E-state index is -4.25. The van der Waals surface area contributed by atoms with Crippen molar-refractivity contribution in [2.24, 2.45) is 0 Å². The number of hydrogen-bond donors (Lipinski definition) is 1. The Morgan fingerprint density at radius 1 is 1.24 bits per heavy atom. The summed E-state index contributed by atoms with van der Waals surface area (Å²) in [5.41, 5.74) is 1.14. The number of benzene rings is 1. The van der Waals surface area contributed by atoms with Crippen molar-refractivity contribution in [2.45, 2.75) is 44.9 Å². The van der Waals surface area contributed by atoms with Crippen LogP contribution in [0, 0.1) is 6.92 Å². The molecule has 1 heterocycles. The van der Waals surface area contributed by atoms with Crippen LogP contribution in [0.4, 0.5) is 13.2 Å². The lowest BCUT2D eigenvalue weighted by atomic mass is 9.98. The van der Waals surface area contributed by atoms with Crippen LogP contribution in [-0.4, -0.2) is 6.04 Å². The standard InChI is InChI=1S/C13H16F3N/c1-8-7-10(13(14,15)16)4-5-11(8)12-6-3-9(2)17-12/h4-5,7,9,12,17H,3,6H2,1-2H3. The second-order valence-electron chi connectivity index (χ2n) is 4.77. The van der Waals surface area contributed by atoms with E-state index in [2.05, 4.69) is 12.2 Å². The molecule has 1 fully saturated rings. The first-order chi connectivity index (χ1) is 7.88. The van der Waals surface area contributed by atoms with E-state index in [0.29, 0.717) is 11.6 Å². The quantitative estimate of drug-likeness (QED) is 0.790. The molecule has 2 atom stereocenters. The van der Waals surface area contributed by atoms with E-state index in [1.807, 2.05) is 0 Å². The minimum Gasteiger partial charge on any atom is -0.307 e. The predicted octanol–water partition coefficient (Wildman–Crippen LogP) is 3.83. The van der Waals surface area contributed by atoms with Crippen molar-refractivity contribution in [3.63, 3.8) is 0 Å². The Bertz CT molecular complexity index is 412. The van der Waals surface area contributed by atoms with Gasteiger partial charge in [0.05, 0.1) is 5.56 Å². The van der Waals surface area contributed by atoms with Crippen LogP contribution in [0.1, 0.15) is 42.5 Å². The normalized spacial score (nSPS) is 25.2. The van der Waals surface area contributed by atoms with Gasteiger partial charge < -0.3 is 5.32 Å². The summed E-state index contributed by atoms with van der Waals surface area (Å²) < 4.78 is 37.6. The van der Waals surface area contributed by atoms with E-state index >= 15 is 0 Å². The first-order valence-electron chi connectivity index (χ1n) is 5.81. The number of aryl methyl sites for hydroxylation is 1. The van der Waals surface area contributed by atoms with E-state index in [0.717, 1.165) is 18.4 Å². The first-order valence-corrected chi connectivity index (χ1v) is 5.81. The molecular weight excluding hydrogens is 227 g/mol. The van der Waals surface area contributed by atoms with Crippen molar-refractivity contribution >= 4 is 0 Å². The molecule has 1 N–H and O–H groups in total. The monoisotopic (exact) mass is 243 g/mol. The van der Waals surface area contributed by atoms with Crippen LogP contribution in [-0.2, 0) is 6.18 Å². The van der Waals surface area contributed by atoms with E-state index < -0.39 is 11.7 Å². The van der Waals surface area contributed by atoms with Gasteiger partial charge in [-0.2, -0.15) is 13.2 Å². The van der Waals surface area contributed by atoms with E-state index in [1.54, 1.807) is 13.0 Å². The lowest BCUT2D eigenvalue weighted by Gasteiger charge is -2.17. The summed E-state index contributed by atoms with van der Waals surface area (Å²) in [5.74, 6) is 0. The molecule has 1 aromatic carbocycles. The summed E-state index contributed by atoms with van der Waals surface area (Å²) in [7, 11) is 0. The Balaban J connectivity index is 2.26. The highest BCUT2D eigenvalue weighted by atomic mass is 19.4. The summed E-state index contributed by atoms with van der Waals surface area (Å²) in [6.45, 7) is 3.84. The van der Waals surface area contributed by atoms with Crippen molar-refractivity contribution in [1.29, 1.82) is 0 Å². The highest BCUT2D eigenvalue weighted by molar-refractivity contribution is 5.35. The van der Waals surface area contributed by atoms with Crippen LogP contribution in [0.5, 0.6) is 0 Å². The fourth-order valence-corrected chi connectivity index (χ4v) is 2.42. The Hall–Kier alpha value is -1.03.